The Morgan fingerprint density at radius 1 is 1.12 bits per heavy atom. The van der Waals surface area contributed by atoms with Crippen LogP contribution >= 0.6 is 0 Å². The van der Waals surface area contributed by atoms with Crippen molar-refractivity contribution in [2.45, 2.75) is 77.1 Å². The molecule has 6 nitrogen and oxygen atoms in total. The van der Waals surface area contributed by atoms with Crippen LogP contribution in [-0.2, 0) is 14.3 Å². The van der Waals surface area contributed by atoms with Crippen LogP contribution in [0.1, 0.15) is 65.7 Å². The van der Waals surface area contributed by atoms with Crippen molar-refractivity contribution in [1.82, 2.24) is 10.2 Å². The van der Waals surface area contributed by atoms with Gasteiger partial charge in [0.25, 0.3) is 0 Å². The van der Waals surface area contributed by atoms with Gasteiger partial charge in [0, 0.05) is 6.42 Å². The van der Waals surface area contributed by atoms with Gasteiger partial charge in [-0.15, -0.1) is 0 Å². The summed E-state index contributed by atoms with van der Waals surface area (Å²) in [6.07, 6.45) is 6.87. The molecule has 0 aromatic carbocycles. The molecule has 0 fully saturated rings. The largest absolute Gasteiger partial charge is 0.462 e. The van der Waals surface area contributed by atoms with Crippen molar-refractivity contribution in [1.29, 1.82) is 5.41 Å². The van der Waals surface area contributed by atoms with E-state index in [0.29, 0.717) is 6.42 Å². The molecule has 0 aliphatic carbocycles. The molecular weight excluding hydrogens is 315 g/mol. The topological polar surface area (TPSA) is 82.5 Å². The first-order valence-electron chi connectivity index (χ1n) is 9.43. The lowest BCUT2D eigenvalue weighted by molar-refractivity contribution is -0.148. The number of amides is 1. The summed E-state index contributed by atoms with van der Waals surface area (Å²) in [7, 11) is 5.68. The molecule has 1 amide bonds. The van der Waals surface area contributed by atoms with E-state index in [9.17, 15) is 9.59 Å². The second-order valence-corrected chi connectivity index (χ2v) is 7.71. The Balaban J connectivity index is 4.42. The number of hydrogen-bond acceptors (Lipinski definition) is 4. The predicted octanol–water partition coefficient (Wildman–Crippen LogP) is -0.448. The first-order chi connectivity index (χ1) is 11.6. The molecule has 0 rings (SSSR count). The van der Waals surface area contributed by atoms with Gasteiger partial charge in [-0.2, -0.15) is 0 Å². The number of nitrogens with zero attached hydrogens (tertiary/aromatic N) is 1. The van der Waals surface area contributed by atoms with Gasteiger partial charge in [0.15, 0.2) is 5.96 Å². The fourth-order valence-corrected chi connectivity index (χ4v) is 2.41. The maximum absolute atomic E-state index is 12.0. The molecule has 0 aromatic rings. The quantitative estimate of drug-likeness (QED) is 0.174. The zero-order valence-corrected chi connectivity index (χ0v) is 16.9. The third kappa shape index (κ3) is 11.7. The Labute approximate surface area is 155 Å². The highest BCUT2D eigenvalue weighted by Gasteiger charge is 2.27. The summed E-state index contributed by atoms with van der Waals surface area (Å²) in [4.78, 5) is 25.5. The molecule has 0 spiro atoms. The van der Waals surface area contributed by atoms with Crippen LogP contribution in [0.5, 0.6) is 0 Å². The van der Waals surface area contributed by atoms with E-state index in [0.717, 1.165) is 19.3 Å². The molecular formula is C16H34B3N3O3. The molecule has 25 heavy (non-hydrogen) atoms. The molecule has 140 valence electrons. The average Bonchev–Trinajstić information content (AvgIpc) is 2.46. The van der Waals surface area contributed by atoms with Crippen molar-refractivity contribution in [3.8, 4) is 0 Å². The van der Waals surface area contributed by atoms with Gasteiger partial charge in [-0.3, -0.25) is 20.3 Å². The van der Waals surface area contributed by atoms with E-state index in [1.807, 2.05) is 23.5 Å². The summed E-state index contributed by atoms with van der Waals surface area (Å²) in [5.41, 5.74) is 0. The SMILES string of the molecule is BC(B)(B)N(CC(=O)OC(C)C)C(=N)NC(=O)CCCCCCCC. The van der Waals surface area contributed by atoms with E-state index in [4.69, 9.17) is 10.1 Å². The molecule has 9 heteroatoms. The van der Waals surface area contributed by atoms with E-state index < -0.39 is 11.2 Å². The molecule has 0 saturated heterocycles. The molecule has 0 heterocycles. The molecule has 0 saturated carbocycles. The number of esters is 1. The lowest BCUT2D eigenvalue weighted by Crippen LogP contribution is -2.59. The second-order valence-electron chi connectivity index (χ2n) is 7.71. The molecule has 0 aliphatic rings. The number of guanidine groups is 1. The lowest BCUT2D eigenvalue weighted by Gasteiger charge is -2.37. The van der Waals surface area contributed by atoms with Crippen LogP contribution in [-0.4, -0.2) is 64.2 Å². The summed E-state index contributed by atoms with van der Waals surface area (Å²) in [6.45, 7) is 5.69. The van der Waals surface area contributed by atoms with E-state index in [1.54, 1.807) is 18.7 Å². The van der Waals surface area contributed by atoms with Gasteiger partial charge in [-0.1, -0.05) is 39.0 Å². The molecule has 0 bridgehead atoms. The van der Waals surface area contributed by atoms with E-state index in [-0.39, 0.29) is 24.5 Å². The van der Waals surface area contributed by atoms with Crippen molar-refractivity contribution in [3.05, 3.63) is 0 Å². The average molecular weight is 349 g/mol. The Morgan fingerprint density at radius 2 is 1.68 bits per heavy atom. The highest BCUT2D eigenvalue weighted by atomic mass is 16.5. The van der Waals surface area contributed by atoms with Crippen molar-refractivity contribution in [3.63, 3.8) is 0 Å². The lowest BCUT2D eigenvalue weighted by atomic mass is 9.48. The van der Waals surface area contributed by atoms with Crippen LogP contribution in [0.2, 0.25) is 0 Å². The van der Waals surface area contributed by atoms with Gasteiger partial charge < -0.3 is 9.64 Å². The van der Waals surface area contributed by atoms with Crippen LogP contribution in [0.3, 0.4) is 0 Å². The van der Waals surface area contributed by atoms with Crippen molar-refractivity contribution in [2.24, 2.45) is 0 Å². The number of rotatable bonds is 11. The smallest absolute Gasteiger partial charge is 0.325 e. The molecule has 2 N–H and O–H groups in total. The maximum atomic E-state index is 12.0. The second kappa shape index (κ2) is 12.0. The van der Waals surface area contributed by atoms with Crippen LogP contribution in [0.4, 0.5) is 0 Å². The van der Waals surface area contributed by atoms with Crippen LogP contribution in [0.15, 0.2) is 0 Å². The zero-order valence-electron chi connectivity index (χ0n) is 16.9. The summed E-state index contributed by atoms with van der Waals surface area (Å²) < 4.78 is 5.15. The highest BCUT2D eigenvalue weighted by molar-refractivity contribution is 6.59. The van der Waals surface area contributed by atoms with E-state index in [2.05, 4.69) is 12.2 Å². The minimum absolute atomic E-state index is 0.0517. The maximum Gasteiger partial charge on any atom is 0.325 e. The van der Waals surface area contributed by atoms with Crippen LogP contribution < -0.4 is 5.32 Å². The van der Waals surface area contributed by atoms with Crippen molar-refractivity contribution >= 4 is 41.4 Å². The van der Waals surface area contributed by atoms with Gasteiger partial charge in [0.2, 0.25) is 5.91 Å². The standard InChI is InChI=1S/C16H34B3N3O3/c1-4-5-6-7-8-9-10-13(23)21-15(20)22(16(17,18)19)11-14(24)25-12(2)3/h12H,4-11,17-19H2,1-3H3,(H2,20,21,23). The Hall–Kier alpha value is -1.40. The number of carbonyl (C=O) groups is 2. The summed E-state index contributed by atoms with van der Waals surface area (Å²) >= 11 is 0. The molecule has 0 aromatic heterocycles. The molecule has 0 aliphatic heterocycles. The van der Waals surface area contributed by atoms with Crippen LogP contribution in [0, 0.1) is 5.41 Å². The van der Waals surface area contributed by atoms with Gasteiger partial charge >= 0.3 is 5.97 Å². The van der Waals surface area contributed by atoms with Crippen LogP contribution in [0.25, 0.3) is 0 Å². The monoisotopic (exact) mass is 349 g/mol. The third-order valence-electron chi connectivity index (χ3n) is 3.75. The molecule has 0 atom stereocenters. The fourth-order valence-electron chi connectivity index (χ4n) is 2.41. The molecule has 0 radical (unpaired) electrons. The van der Waals surface area contributed by atoms with E-state index >= 15 is 0 Å². The number of carbonyl (C=O) groups excluding carboxylic acids is 2. The van der Waals surface area contributed by atoms with Gasteiger partial charge in [0.1, 0.15) is 30.1 Å². The fraction of sp³-hybridized carbons (Fsp3) is 0.812. The number of unbranched alkanes of at least 4 members (excludes halogenated alkanes) is 5. The predicted molar refractivity (Wildman–Crippen MR) is 110 cm³/mol. The highest BCUT2D eigenvalue weighted by Crippen LogP contribution is 2.08. The number of hydrogen-bond donors (Lipinski definition) is 2. The van der Waals surface area contributed by atoms with Crippen molar-refractivity contribution in [2.75, 3.05) is 6.54 Å². The summed E-state index contributed by atoms with van der Waals surface area (Å²) in [6, 6.07) is 0. The van der Waals surface area contributed by atoms with Gasteiger partial charge in [-0.05, 0) is 25.5 Å². The third-order valence-corrected chi connectivity index (χ3v) is 3.75. The molecule has 0 unspecified atom stereocenters. The Bertz CT molecular complexity index is 440. The first-order valence-corrected chi connectivity index (χ1v) is 9.43. The number of ether oxygens (including phenoxy) is 1. The number of nitrogens with one attached hydrogen (secondary N) is 2. The minimum Gasteiger partial charge on any atom is -0.462 e. The summed E-state index contributed by atoms with van der Waals surface area (Å²) in [5, 5.41) is 10.3. The van der Waals surface area contributed by atoms with Gasteiger partial charge in [0.05, 0.1) is 6.10 Å². The normalized spacial score (nSPS) is 11.2. The summed E-state index contributed by atoms with van der Waals surface area (Å²) in [5.74, 6) is -0.629. The Morgan fingerprint density at radius 3 is 2.20 bits per heavy atom. The first kappa shape index (κ1) is 23.6. The van der Waals surface area contributed by atoms with Gasteiger partial charge in [-0.25, -0.2) is 0 Å². The Kier molecular flexibility index (Phi) is 11.4. The van der Waals surface area contributed by atoms with Crippen molar-refractivity contribution < 1.29 is 14.3 Å². The minimum atomic E-state index is -0.472. The zero-order chi connectivity index (χ0) is 19.5. The van der Waals surface area contributed by atoms with E-state index in [1.165, 1.54) is 19.3 Å².